The van der Waals surface area contributed by atoms with Gasteiger partial charge in [0, 0.05) is 12.1 Å². The van der Waals surface area contributed by atoms with Gasteiger partial charge in [0.1, 0.15) is 11.7 Å². The molecule has 2 aromatic rings. The lowest BCUT2D eigenvalue weighted by Gasteiger charge is -2.31. The second-order valence-corrected chi connectivity index (χ2v) is 5.95. The number of nitrogens with one attached hydrogen (secondary N) is 2. The Hall–Kier alpha value is -2.87. The van der Waals surface area contributed by atoms with Crippen molar-refractivity contribution in [2.24, 2.45) is 5.92 Å². The summed E-state index contributed by atoms with van der Waals surface area (Å²) in [5, 5.41) is 9.45. The van der Waals surface area contributed by atoms with Gasteiger partial charge in [-0.1, -0.05) is 6.08 Å². The van der Waals surface area contributed by atoms with Gasteiger partial charge in [-0.05, 0) is 48.5 Å². The molecule has 1 unspecified atom stereocenters. The highest BCUT2D eigenvalue weighted by Gasteiger charge is 2.38. The fourth-order valence-corrected chi connectivity index (χ4v) is 2.96. The molecule has 2 heterocycles. The van der Waals surface area contributed by atoms with E-state index in [0.29, 0.717) is 11.3 Å². The Kier molecular flexibility index (Phi) is 4.71. The lowest BCUT2D eigenvalue weighted by molar-refractivity contribution is -0.140. The van der Waals surface area contributed by atoms with Crippen LogP contribution in [0.4, 0.5) is 4.39 Å². The number of aromatic amines is 1. The Bertz CT molecular complexity index is 847. The Morgan fingerprint density at radius 1 is 1.32 bits per heavy atom. The maximum absolute atomic E-state index is 13.1. The maximum atomic E-state index is 13.1. The first-order valence-corrected chi connectivity index (χ1v) is 7.97. The molecule has 0 saturated carbocycles. The average molecular weight is 358 g/mol. The van der Waals surface area contributed by atoms with Crippen molar-refractivity contribution in [3.8, 4) is 11.3 Å². The summed E-state index contributed by atoms with van der Waals surface area (Å²) in [6.07, 6.45) is 3.26. The van der Waals surface area contributed by atoms with Crippen LogP contribution in [-0.2, 0) is 16.0 Å². The molecule has 0 aliphatic carbocycles. The first-order valence-electron chi connectivity index (χ1n) is 7.56. The molecule has 6 nitrogen and oxygen atoms in total. The number of aromatic nitrogens is 2. The molecular weight excluding hydrogens is 343 g/mol. The van der Waals surface area contributed by atoms with Gasteiger partial charge in [0.2, 0.25) is 11.8 Å². The molecule has 25 heavy (non-hydrogen) atoms. The molecule has 0 radical (unpaired) electrons. The minimum Gasteiger partial charge on any atom is -0.302 e. The number of rotatable bonds is 5. The van der Waals surface area contributed by atoms with E-state index in [2.05, 4.69) is 22.1 Å². The van der Waals surface area contributed by atoms with E-state index in [1.807, 2.05) is 0 Å². The fraction of sp³-hybridized carbons (Fsp3) is 0.176. The number of thiocarbonyl (C=S) groups is 1. The predicted molar refractivity (Wildman–Crippen MR) is 93.8 cm³/mol. The number of carbonyl (C=O) groups excluding carboxylic acids is 2. The summed E-state index contributed by atoms with van der Waals surface area (Å²) >= 11 is 5.03. The summed E-state index contributed by atoms with van der Waals surface area (Å²) in [4.78, 5) is 26.1. The summed E-state index contributed by atoms with van der Waals surface area (Å²) in [6.45, 7) is 3.82. The van der Waals surface area contributed by atoms with Gasteiger partial charge in [-0.2, -0.15) is 5.10 Å². The van der Waals surface area contributed by atoms with Gasteiger partial charge < -0.3 is 5.32 Å². The lowest BCUT2D eigenvalue weighted by atomic mass is 9.94. The largest absolute Gasteiger partial charge is 0.302 e. The van der Waals surface area contributed by atoms with Crippen LogP contribution in [0.5, 0.6) is 0 Å². The van der Waals surface area contributed by atoms with Gasteiger partial charge in [-0.15, -0.1) is 6.58 Å². The van der Waals surface area contributed by atoms with Crippen molar-refractivity contribution in [1.29, 1.82) is 0 Å². The number of hydrogen-bond acceptors (Lipinski definition) is 4. The van der Waals surface area contributed by atoms with Crippen molar-refractivity contribution in [3.63, 3.8) is 0 Å². The second kappa shape index (κ2) is 6.94. The number of hydrogen-bond donors (Lipinski definition) is 2. The number of amides is 2. The van der Waals surface area contributed by atoms with Gasteiger partial charge >= 0.3 is 0 Å². The van der Waals surface area contributed by atoms with Crippen molar-refractivity contribution < 1.29 is 14.0 Å². The summed E-state index contributed by atoms with van der Waals surface area (Å²) in [5.41, 5.74) is 2.05. The first-order chi connectivity index (χ1) is 12.0. The molecule has 1 aliphatic heterocycles. The van der Waals surface area contributed by atoms with Gasteiger partial charge in [0.05, 0.1) is 11.9 Å². The zero-order valence-electron chi connectivity index (χ0n) is 13.2. The predicted octanol–water partition coefficient (Wildman–Crippen LogP) is 1.80. The van der Waals surface area contributed by atoms with E-state index in [1.165, 1.54) is 17.0 Å². The van der Waals surface area contributed by atoms with Crippen molar-refractivity contribution in [3.05, 3.63) is 54.5 Å². The van der Waals surface area contributed by atoms with E-state index in [-0.39, 0.29) is 29.8 Å². The molecule has 1 aromatic carbocycles. The zero-order valence-corrected chi connectivity index (χ0v) is 14.0. The van der Waals surface area contributed by atoms with Crippen LogP contribution in [0.3, 0.4) is 0 Å². The topological polar surface area (TPSA) is 78.1 Å². The molecule has 3 rings (SSSR count). The van der Waals surface area contributed by atoms with E-state index < -0.39 is 11.8 Å². The molecule has 0 spiro atoms. The molecule has 2 amide bonds. The normalized spacial score (nSPS) is 17.6. The maximum Gasteiger partial charge on any atom is 0.241 e. The van der Waals surface area contributed by atoms with Crippen molar-refractivity contribution in [2.75, 3.05) is 6.54 Å². The van der Waals surface area contributed by atoms with Crippen LogP contribution in [-0.4, -0.2) is 38.6 Å². The quantitative estimate of drug-likeness (QED) is 0.485. The smallest absolute Gasteiger partial charge is 0.241 e. The summed E-state index contributed by atoms with van der Waals surface area (Å²) in [7, 11) is 0. The molecule has 1 atom stereocenters. The Morgan fingerprint density at radius 2 is 2.04 bits per heavy atom. The number of benzene rings is 1. The Labute approximate surface area is 148 Å². The molecule has 1 aromatic heterocycles. The molecule has 8 heteroatoms. The molecule has 1 fully saturated rings. The van der Waals surface area contributed by atoms with E-state index in [0.717, 1.165) is 5.56 Å². The van der Waals surface area contributed by atoms with Crippen LogP contribution >= 0.6 is 12.2 Å². The van der Waals surface area contributed by atoms with Crippen LogP contribution < -0.4 is 5.32 Å². The van der Waals surface area contributed by atoms with Crippen LogP contribution in [0, 0.1) is 11.7 Å². The molecule has 128 valence electrons. The first kappa shape index (κ1) is 17.0. The average Bonchev–Trinajstić information content (AvgIpc) is 3.04. The third-order valence-electron chi connectivity index (χ3n) is 3.94. The van der Waals surface area contributed by atoms with E-state index >= 15 is 0 Å². The summed E-state index contributed by atoms with van der Waals surface area (Å²) in [5.74, 6) is -2.08. The Balaban J connectivity index is 1.87. The number of halogens is 1. The van der Waals surface area contributed by atoms with Crippen LogP contribution in [0.25, 0.3) is 11.3 Å². The highest BCUT2D eigenvalue weighted by molar-refractivity contribution is 7.80. The molecule has 1 aliphatic rings. The molecule has 0 bridgehead atoms. The van der Waals surface area contributed by atoms with Crippen LogP contribution in [0.1, 0.15) is 5.56 Å². The van der Waals surface area contributed by atoms with Gasteiger partial charge in [0.25, 0.3) is 0 Å². The monoisotopic (exact) mass is 358 g/mol. The highest BCUT2D eigenvalue weighted by Crippen LogP contribution is 2.25. The van der Waals surface area contributed by atoms with E-state index in [4.69, 9.17) is 12.2 Å². The highest BCUT2D eigenvalue weighted by atomic mass is 32.1. The Morgan fingerprint density at radius 3 is 2.72 bits per heavy atom. The third-order valence-corrected chi connectivity index (χ3v) is 4.26. The lowest BCUT2D eigenvalue weighted by Crippen LogP contribution is -2.58. The number of H-pyrrole nitrogens is 1. The summed E-state index contributed by atoms with van der Waals surface area (Å²) < 4.78 is 13.1. The number of carbonyl (C=O) groups is 2. The van der Waals surface area contributed by atoms with E-state index in [1.54, 1.807) is 24.4 Å². The minimum atomic E-state index is -0.913. The SMILES string of the molecule is C=CCN1C(=O)C(Cc2cn[nH]c2-c2ccc(F)cc2)C(=O)NC1=S. The number of nitrogens with zero attached hydrogens (tertiary/aromatic N) is 2. The molecule has 1 saturated heterocycles. The van der Waals surface area contributed by atoms with Crippen LogP contribution in [0.15, 0.2) is 43.1 Å². The second-order valence-electron chi connectivity index (χ2n) is 5.57. The van der Waals surface area contributed by atoms with Crippen LogP contribution in [0.2, 0.25) is 0 Å². The minimum absolute atomic E-state index is 0.0806. The van der Waals surface area contributed by atoms with Gasteiger partial charge in [0.15, 0.2) is 5.11 Å². The standard InChI is InChI=1S/C17H15FN4O2S/c1-2-7-22-16(24)13(15(23)20-17(22)25)8-11-9-19-21-14(11)10-3-5-12(18)6-4-10/h2-6,9,13H,1,7-8H2,(H,19,21)(H,20,23,25). The fourth-order valence-electron chi connectivity index (χ4n) is 2.69. The van der Waals surface area contributed by atoms with Crippen molar-refractivity contribution >= 4 is 29.1 Å². The summed E-state index contributed by atoms with van der Waals surface area (Å²) in [6, 6.07) is 5.88. The molecular formula is C17H15FN4O2S. The van der Waals surface area contributed by atoms with Gasteiger partial charge in [-0.25, -0.2) is 4.39 Å². The van der Waals surface area contributed by atoms with Gasteiger partial charge in [-0.3, -0.25) is 19.6 Å². The van der Waals surface area contributed by atoms with E-state index in [9.17, 15) is 14.0 Å². The third kappa shape index (κ3) is 3.34. The zero-order chi connectivity index (χ0) is 18.0. The molecule has 2 N–H and O–H groups in total. The van der Waals surface area contributed by atoms with Crippen molar-refractivity contribution in [1.82, 2.24) is 20.4 Å². The van der Waals surface area contributed by atoms with Crippen molar-refractivity contribution in [2.45, 2.75) is 6.42 Å².